The second-order valence-corrected chi connectivity index (χ2v) is 3.98. The molecule has 0 aromatic heterocycles. The van der Waals surface area contributed by atoms with E-state index in [2.05, 4.69) is 25.1 Å². The van der Waals surface area contributed by atoms with Gasteiger partial charge in [0, 0.05) is 0 Å². The molecule has 1 unspecified atom stereocenters. The van der Waals surface area contributed by atoms with E-state index in [4.69, 9.17) is 5.11 Å². The average Bonchev–Trinajstić information content (AvgIpc) is 2.49. The van der Waals surface area contributed by atoms with Crippen molar-refractivity contribution in [2.24, 2.45) is 0 Å². The number of carbonyl (C=O) groups is 1. The van der Waals surface area contributed by atoms with Crippen LogP contribution in [0.5, 0.6) is 0 Å². The van der Waals surface area contributed by atoms with Gasteiger partial charge in [-0.1, -0.05) is 18.2 Å². The van der Waals surface area contributed by atoms with E-state index in [1.165, 1.54) is 16.7 Å². The second kappa shape index (κ2) is 3.45. The highest BCUT2D eigenvalue weighted by atomic mass is 16.4. The number of benzene rings is 1. The minimum atomic E-state index is -0.689. The molecule has 0 saturated heterocycles. The Labute approximate surface area is 83.6 Å². The van der Waals surface area contributed by atoms with Crippen LogP contribution in [0.1, 0.15) is 35.4 Å². The first-order valence-corrected chi connectivity index (χ1v) is 4.98. The van der Waals surface area contributed by atoms with E-state index in [0.717, 1.165) is 12.8 Å². The number of aliphatic carboxylic acids is 1. The first kappa shape index (κ1) is 9.25. The van der Waals surface area contributed by atoms with Crippen molar-refractivity contribution in [3.8, 4) is 0 Å². The van der Waals surface area contributed by atoms with Gasteiger partial charge in [0.15, 0.2) is 0 Å². The lowest BCUT2D eigenvalue weighted by Crippen LogP contribution is -2.04. The maximum Gasteiger partial charge on any atom is 0.303 e. The van der Waals surface area contributed by atoms with Crippen LogP contribution >= 0.6 is 0 Å². The molecule has 1 aromatic carbocycles. The molecule has 1 N–H and O–H groups in total. The molecule has 2 rings (SSSR count). The zero-order valence-electron chi connectivity index (χ0n) is 8.29. The van der Waals surface area contributed by atoms with E-state index in [-0.39, 0.29) is 12.3 Å². The standard InChI is InChI=1S/C12H14O2/c1-8-3-2-4-9-5-6-10(12(8)9)7-11(13)14/h2-4,10H,5-7H2,1H3,(H,13,14). The van der Waals surface area contributed by atoms with Gasteiger partial charge in [0.2, 0.25) is 0 Å². The lowest BCUT2D eigenvalue weighted by atomic mass is 9.94. The fourth-order valence-corrected chi connectivity index (χ4v) is 2.43. The van der Waals surface area contributed by atoms with E-state index in [1.807, 2.05) is 0 Å². The minimum Gasteiger partial charge on any atom is -0.481 e. The maximum absolute atomic E-state index is 10.7. The van der Waals surface area contributed by atoms with Crippen LogP contribution in [0, 0.1) is 6.92 Å². The molecule has 74 valence electrons. The van der Waals surface area contributed by atoms with Crippen LogP contribution in [0.2, 0.25) is 0 Å². The summed E-state index contributed by atoms with van der Waals surface area (Å²) in [6, 6.07) is 6.24. The van der Waals surface area contributed by atoms with E-state index in [1.54, 1.807) is 0 Å². The van der Waals surface area contributed by atoms with Gasteiger partial charge in [-0.2, -0.15) is 0 Å². The number of carboxylic acid groups (broad SMARTS) is 1. The topological polar surface area (TPSA) is 37.3 Å². The summed E-state index contributed by atoms with van der Waals surface area (Å²) in [4.78, 5) is 10.7. The second-order valence-electron chi connectivity index (χ2n) is 3.98. The molecule has 1 atom stereocenters. The van der Waals surface area contributed by atoms with Gasteiger partial charge < -0.3 is 5.11 Å². The number of hydrogen-bond donors (Lipinski definition) is 1. The monoisotopic (exact) mass is 190 g/mol. The summed E-state index contributed by atoms with van der Waals surface area (Å²) in [6.07, 6.45) is 2.30. The van der Waals surface area contributed by atoms with Crippen LogP contribution in [0.15, 0.2) is 18.2 Å². The lowest BCUT2D eigenvalue weighted by molar-refractivity contribution is -0.137. The fraction of sp³-hybridized carbons (Fsp3) is 0.417. The Morgan fingerprint density at radius 3 is 3.07 bits per heavy atom. The molecular formula is C12H14O2. The van der Waals surface area contributed by atoms with Crippen molar-refractivity contribution >= 4 is 5.97 Å². The average molecular weight is 190 g/mol. The van der Waals surface area contributed by atoms with Crippen molar-refractivity contribution in [2.45, 2.75) is 32.1 Å². The third-order valence-electron chi connectivity index (χ3n) is 3.01. The minimum absolute atomic E-state index is 0.240. The third kappa shape index (κ3) is 1.52. The maximum atomic E-state index is 10.7. The van der Waals surface area contributed by atoms with Gasteiger partial charge >= 0.3 is 5.97 Å². The number of rotatable bonds is 2. The predicted molar refractivity (Wildman–Crippen MR) is 54.5 cm³/mol. The normalized spacial score (nSPS) is 19.4. The van der Waals surface area contributed by atoms with Gasteiger partial charge in [-0.25, -0.2) is 0 Å². The van der Waals surface area contributed by atoms with Crippen LogP contribution in [0.4, 0.5) is 0 Å². The van der Waals surface area contributed by atoms with Crippen LogP contribution in [-0.2, 0) is 11.2 Å². The Balaban J connectivity index is 2.33. The Morgan fingerprint density at radius 1 is 1.57 bits per heavy atom. The van der Waals surface area contributed by atoms with Gasteiger partial charge in [-0.05, 0) is 42.4 Å². The quantitative estimate of drug-likeness (QED) is 0.778. The third-order valence-corrected chi connectivity index (χ3v) is 3.01. The van der Waals surface area contributed by atoms with Crippen molar-refractivity contribution in [1.82, 2.24) is 0 Å². The number of hydrogen-bond acceptors (Lipinski definition) is 1. The first-order chi connectivity index (χ1) is 6.68. The number of fused-ring (bicyclic) bond motifs is 1. The van der Waals surface area contributed by atoms with Crippen molar-refractivity contribution in [2.75, 3.05) is 0 Å². The molecule has 14 heavy (non-hydrogen) atoms. The summed E-state index contributed by atoms with van der Waals surface area (Å²) in [5.74, 6) is -0.449. The Kier molecular flexibility index (Phi) is 2.28. The lowest BCUT2D eigenvalue weighted by Gasteiger charge is -2.11. The summed E-state index contributed by atoms with van der Waals surface area (Å²) >= 11 is 0. The predicted octanol–water partition coefficient (Wildman–Crippen LogP) is 2.50. The van der Waals surface area contributed by atoms with Crippen LogP contribution in [0.3, 0.4) is 0 Å². The van der Waals surface area contributed by atoms with Crippen LogP contribution in [-0.4, -0.2) is 11.1 Å². The molecule has 2 heteroatoms. The zero-order valence-corrected chi connectivity index (χ0v) is 8.29. The molecule has 0 heterocycles. The molecule has 0 bridgehead atoms. The van der Waals surface area contributed by atoms with E-state index < -0.39 is 5.97 Å². The molecule has 0 saturated carbocycles. The highest BCUT2D eigenvalue weighted by Gasteiger charge is 2.25. The highest BCUT2D eigenvalue weighted by Crippen LogP contribution is 2.37. The van der Waals surface area contributed by atoms with E-state index in [0.29, 0.717) is 0 Å². The molecule has 0 spiro atoms. The SMILES string of the molecule is Cc1cccc2c1C(CC(=O)O)CC2. The molecule has 0 fully saturated rings. The summed E-state index contributed by atoms with van der Waals surface area (Å²) < 4.78 is 0. The molecule has 1 aromatic rings. The van der Waals surface area contributed by atoms with Gasteiger partial charge in [-0.3, -0.25) is 4.79 Å². The van der Waals surface area contributed by atoms with E-state index >= 15 is 0 Å². The van der Waals surface area contributed by atoms with Crippen LogP contribution < -0.4 is 0 Å². The first-order valence-electron chi connectivity index (χ1n) is 4.98. The molecular weight excluding hydrogens is 176 g/mol. The molecule has 1 aliphatic rings. The summed E-state index contributed by atoms with van der Waals surface area (Å²) in [5, 5.41) is 8.79. The summed E-state index contributed by atoms with van der Waals surface area (Å²) in [7, 11) is 0. The Morgan fingerprint density at radius 2 is 2.36 bits per heavy atom. The highest BCUT2D eigenvalue weighted by molar-refractivity contribution is 5.68. The number of aryl methyl sites for hydroxylation is 2. The molecule has 0 aliphatic heterocycles. The van der Waals surface area contributed by atoms with E-state index in [9.17, 15) is 4.79 Å². The zero-order chi connectivity index (χ0) is 10.1. The summed E-state index contributed by atoms with van der Waals surface area (Å²) in [6.45, 7) is 2.07. The Bertz CT molecular complexity index is 369. The fourth-order valence-electron chi connectivity index (χ4n) is 2.43. The number of carboxylic acids is 1. The van der Waals surface area contributed by atoms with Gasteiger partial charge in [0.25, 0.3) is 0 Å². The van der Waals surface area contributed by atoms with Crippen molar-refractivity contribution in [1.29, 1.82) is 0 Å². The van der Waals surface area contributed by atoms with Gasteiger partial charge in [0.05, 0.1) is 6.42 Å². The molecule has 1 aliphatic carbocycles. The summed E-state index contributed by atoms with van der Waals surface area (Å²) in [5.41, 5.74) is 3.87. The van der Waals surface area contributed by atoms with Gasteiger partial charge in [-0.15, -0.1) is 0 Å². The Hall–Kier alpha value is -1.31. The van der Waals surface area contributed by atoms with Crippen molar-refractivity contribution in [3.63, 3.8) is 0 Å². The van der Waals surface area contributed by atoms with Crippen LogP contribution in [0.25, 0.3) is 0 Å². The van der Waals surface area contributed by atoms with Crippen molar-refractivity contribution in [3.05, 3.63) is 34.9 Å². The van der Waals surface area contributed by atoms with Gasteiger partial charge in [0.1, 0.15) is 0 Å². The van der Waals surface area contributed by atoms with Crippen molar-refractivity contribution < 1.29 is 9.90 Å². The molecule has 0 amide bonds. The smallest absolute Gasteiger partial charge is 0.303 e. The molecule has 2 nitrogen and oxygen atoms in total. The molecule has 0 radical (unpaired) electrons. The largest absolute Gasteiger partial charge is 0.481 e.